The zero-order valence-electron chi connectivity index (χ0n) is 7.83. The SMILES string of the molecule is CC(S)c1cccc(-n2cnnc2)c1. The highest BCUT2D eigenvalue weighted by Gasteiger charge is 2.01. The average molecular weight is 205 g/mol. The summed E-state index contributed by atoms with van der Waals surface area (Å²) in [4.78, 5) is 0. The molecular formula is C10H11N3S. The summed E-state index contributed by atoms with van der Waals surface area (Å²) in [5, 5.41) is 7.78. The van der Waals surface area contributed by atoms with Gasteiger partial charge in [-0.3, -0.25) is 4.57 Å². The summed E-state index contributed by atoms with van der Waals surface area (Å²) in [6.07, 6.45) is 3.37. The molecule has 0 bridgehead atoms. The zero-order chi connectivity index (χ0) is 9.97. The van der Waals surface area contributed by atoms with Crippen LogP contribution in [0, 0.1) is 0 Å². The minimum Gasteiger partial charge on any atom is -0.288 e. The van der Waals surface area contributed by atoms with Crippen molar-refractivity contribution in [3.05, 3.63) is 42.5 Å². The van der Waals surface area contributed by atoms with Crippen molar-refractivity contribution < 1.29 is 0 Å². The predicted molar refractivity (Wildman–Crippen MR) is 58.8 cm³/mol. The van der Waals surface area contributed by atoms with Crippen LogP contribution < -0.4 is 0 Å². The van der Waals surface area contributed by atoms with Crippen molar-refractivity contribution in [2.45, 2.75) is 12.2 Å². The molecule has 2 rings (SSSR count). The molecule has 0 aliphatic rings. The third-order valence-corrected chi connectivity index (χ3v) is 2.37. The van der Waals surface area contributed by atoms with Crippen LogP contribution in [0.15, 0.2) is 36.9 Å². The smallest absolute Gasteiger partial charge is 0.123 e. The maximum atomic E-state index is 4.39. The fourth-order valence-corrected chi connectivity index (χ4v) is 1.44. The molecule has 3 nitrogen and oxygen atoms in total. The van der Waals surface area contributed by atoms with Crippen LogP contribution in [0.4, 0.5) is 0 Å². The Morgan fingerprint density at radius 3 is 2.64 bits per heavy atom. The molecule has 14 heavy (non-hydrogen) atoms. The molecule has 0 radical (unpaired) electrons. The highest BCUT2D eigenvalue weighted by Crippen LogP contribution is 2.20. The Bertz CT molecular complexity index is 409. The van der Waals surface area contributed by atoms with Crippen LogP contribution in [-0.2, 0) is 0 Å². The first-order valence-electron chi connectivity index (χ1n) is 4.40. The van der Waals surface area contributed by atoms with E-state index in [-0.39, 0.29) is 5.25 Å². The summed E-state index contributed by atoms with van der Waals surface area (Å²) in [6, 6.07) is 8.17. The minimum atomic E-state index is 0.242. The Balaban J connectivity index is 2.41. The lowest BCUT2D eigenvalue weighted by Crippen LogP contribution is -1.92. The van der Waals surface area contributed by atoms with Crippen molar-refractivity contribution >= 4 is 12.6 Å². The van der Waals surface area contributed by atoms with E-state index in [2.05, 4.69) is 35.0 Å². The molecule has 0 saturated heterocycles. The molecular weight excluding hydrogens is 194 g/mol. The van der Waals surface area contributed by atoms with Crippen molar-refractivity contribution in [1.29, 1.82) is 0 Å². The van der Waals surface area contributed by atoms with Crippen molar-refractivity contribution in [2.75, 3.05) is 0 Å². The molecule has 1 heterocycles. The Hall–Kier alpha value is -1.29. The standard InChI is InChI=1S/C10H11N3S/c1-8(14)9-3-2-4-10(5-9)13-6-11-12-7-13/h2-8,14H,1H3. The van der Waals surface area contributed by atoms with Crippen LogP contribution in [0.2, 0.25) is 0 Å². The van der Waals surface area contributed by atoms with E-state index in [9.17, 15) is 0 Å². The Morgan fingerprint density at radius 2 is 2.00 bits per heavy atom. The van der Waals surface area contributed by atoms with E-state index in [4.69, 9.17) is 0 Å². The zero-order valence-corrected chi connectivity index (χ0v) is 8.72. The quantitative estimate of drug-likeness (QED) is 0.762. The van der Waals surface area contributed by atoms with Gasteiger partial charge in [-0.1, -0.05) is 12.1 Å². The summed E-state index contributed by atoms with van der Waals surface area (Å²) in [5.41, 5.74) is 2.26. The fourth-order valence-electron chi connectivity index (χ4n) is 1.28. The largest absolute Gasteiger partial charge is 0.288 e. The normalized spacial score (nSPS) is 12.7. The van der Waals surface area contributed by atoms with Crippen LogP contribution in [0.25, 0.3) is 5.69 Å². The van der Waals surface area contributed by atoms with E-state index in [0.29, 0.717) is 0 Å². The lowest BCUT2D eigenvalue weighted by atomic mass is 10.1. The highest BCUT2D eigenvalue weighted by atomic mass is 32.1. The summed E-state index contributed by atoms with van der Waals surface area (Å²) >= 11 is 4.39. The molecule has 1 aromatic carbocycles. The summed E-state index contributed by atoms with van der Waals surface area (Å²) in [7, 11) is 0. The molecule has 2 aromatic rings. The van der Waals surface area contributed by atoms with E-state index in [0.717, 1.165) is 5.69 Å². The van der Waals surface area contributed by atoms with E-state index >= 15 is 0 Å². The second-order valence-corrected chi connectivity index (χ2v) is 3.91. The van der Waals surface area contributed by atoms with Gasteiger partial charge in [-0.05, 0) is 24.6 Å². The fraction of sp³-hybridized carbons (Fsp3) is 0.200. The number of aromatic nitrogens is 3. The topological polar surface area (TPSA) is 30.7 Å². The van der Waals surface area contributed by atoms with Gasteiger partial charge >= 0.3 is 0 Å². The minimum absolute atomic E-state index is 0.242. The molecule has 0 fully saturated rings. The van der Waals surface area contributed by atoms with Crippen LogP contribution in [0.1, 0.15) is 17.7 Å². The molecule has 1 atom stereocenters. The second-order valence-electron chi connectivity index (χ2n) is 3.14. The molecule has 0 amide bonds. The van der Waals surface area contributed by atoms with Gasteiger partial charge in [0.25, 0.3) is 0 Å². The van der Waals surface area contributed by atoms with Crippen molar-refractivity contribution in [2.24, 2.45) is 0 Å². The van der Waals surface area contributed by atoms with Gasteiger partial charge in [0.2, 0.25) is 0 Å². The molecule has 0 saturated carbocycles. The van der Waals surface area contributed by atoms with Gasteiger partial charge in [0.15, 0.2) is 0 Å². The third-order valence-electron chi connectivity index (χ3n) is 2.07. The Labute approximate surface area is 88.2 Å². The lowest BCUT2D eigenvalue weighted by Gasteiger charge is -2.07. The first-order chi connectivity index (χ1) is 6.77. The number of hydrogen-bond acceptors (Lipinski definition) is 3. The highest BCUT2D eigenvalue weighted by molar-refractivity contribution is 7.80. The van der Waals surface area contributed by atoms with Gasteiger partial charge in [0.05, 0.1) is 0 Å². The number of benzene rings is 1. The molecule has 1 unspecified atom stereocenters. The Kier molecular flexibility index (Phi) is 2.54. The van der Waals surface area contributed by atoms with Crippen LogP contribution >= 0.6 is 12.6 Å². The van der Waals surface area contributed by atoms with Gasteiger partial charge in [0.1, 0.15) is 12.7 Å². The molecule has 72 valence electrons. The van der Waals surface area contributed by atoms with Crippen LogP contribution in [-0.4, -0.2) is 14.8 Å². The third kappa shape index (κ3) is 1.80. The average Bonchev–Trinajstić information content (AvgIpc) is 2.71. The van der Waals surface area contributed by atoms with E-state index < -0.39 is 0 Å². The van der Waals surface area contributed by atoms with Gasteiger partial charge in [-0.15, -0.1) is 10.2 Å². The monoisotopic (exact) mass is 205 g/mol. The van der Waals surface area contributed by atoms with E-state index in [1.54, 1.807) is 12.7 Å². The van der Waals surface area contributed by atoms with Crippen LogP contribution in [0.3, 0.4) is 0 Å². The van der Waals surface area contributed by atoms with E-state index in [1.807, 2.05) is 23.6 Å². The predicted octanol–water partition coefficient (Wildman–Crippen LogP) is 2.26. The number of nitrogens with zero attached hydrogens (tertiary/aromatic N) is 3. The molecule has 1 aromatic heterocycles. The number of hydrogen-bond donors (Lipinski definition) is 1. The van der Waals surface area contributed by atoms with Crippen molar-refractivity contribution in [3.63, 3.8) is 0 Å². The first-order valence-corrected chi connectivity index (χ1v) is 4.92. The van der Waals surface area contributed by atoms with E-state index in [1.165, 1.54) is 5.56 Å². The van der Waals surface area contributed by atoms with Crippen molar-refractivity contribution in [1.82, 2.24) is 14.8 Å². The number of rotatable bonds is 2. The summed E-state index contributed by atoms with van der Waals surface area (Å²) < 4.78 is 1.87. The van der Waals surface area contributed by atoms with Gasteiger partial charge in [-0.25, -0.2) is 0 Å². The van der Waals surface area contributed by atoms with Gasteiger partial charge in [0, 0.05) is 10.9 Å². The van der Waals surface area contributed by atoms with Crippen LogP contribution in [0.5, 0.6) is 0 Å². The molecule has 0 aliphatic heterocycles. The second kappa shape index (κ2) is 3.84. The summed E-state index contributed by atoms with van der Waals surface area (Å²) in [6.45, 7) is 2.05. The number of thiol groups is 1. The first kappa shape index (κ1) is 9.27. The molecule has 4 heteroatoms. The molecule has 0 aliphatic carbocycles. The maximum Gasteiger partial charge on any atom is 0.123 e. The molecule has 0 N–H and O–H groups in total. The van der Waals surface area contributed by atoms with Gasteiger partial charge in [-0.2, -0.15) is 12.6 Å². The van der Waals surface area contributed by atoms with Gasteiger partial charge < -0.3 is 0 Å². The molecule has 0 spiro atoms. The summed E-state index contributed by atoms with van der Waals surface area (Å²) in [5.74, 6) is 0. The maximum absolute atomic E-state index is 4.39. The lowest BCUT2D eigenvalue weighted by molar-refractivity contribution is 1.03. The van der Waals surface area contributed by atoms with Crippen molar-refractivity contribution in [3.8, 4) is 5.69 Å². The Morgan fingerprint density at radius 1 is 1.29 bits per heavy atom.